The lowest BCUT2D eigenvalue weighted by Gasteiger charge is -2.32. The maximum absolute atomic E-state index is 12.9. The summed E-state index contributed by atoms with van der Waals surface area (Å²) in [5, 5.41) is 14.8. The second-order valence-electron chi connectivity index (χ2n) is 8.63. The van der Waals surface area contributed by atoms with E-state index in [4.69, 9.17) is 16.3 Å². The first kappa shape index (κ1) is 20.5. The van der Waals surface area contributed by atoms with Gasteiger partial charge in [0.2, 0.25) is 0 Å². The topological polar surface area (TPSA) is 81.3 Å². The van der Waals surface area contributed by atoms with E-state index >= 15 is 0 Å². The van der Waals surface area contributed by atoms with E-state index in [0.29, 0.717) is 35.6 Å². The third-order valence-corrected chi connectivity index (χ3v) is 7.06. The van der Waals surface area contributed by atoms with Crippen molar-refractivity contribution < 1.29 is 9.84 Å². The van der Waals surface area contributed by atoms with Crippen LogP contribution in [0.3, 0.4) is 0 Å². The predicted molar refractivity (Wildman–Crippen MR) is 110 cm³/mol. The van der Waals surface area contributed by atoms with Gasteiger partial charge in [-0.2, -0.15) is 0 Å². The van der Waals surface area contributed by atoms with E-state index in [1.165, 1.54) is 10.9 Å². The van der Waals surface area contributed by atoms with E-state index in [2.05, 4.69) is 29.9 Å². The third-order valence-electron chi connectivity index (χ3n) is 5.04. The Labute approximate surface area is 165 Å². The number of halogens is 1. The van der Waals surface area contributed by atoms with Crippen molar-refractivity contribution in [3.8, 4) is 0 Å². The molecule has 1 aliphatic heterocycles. The summed E-state index contributed by atoms with van der Waals surface area (Å²) in [5.74, 6) is 0. The van der Waals surface area contributed by atoms with Crippen LogP contribution in [-0.2, 0) is 18.0 Å². The zero-order valence-corrected chi connectivity index (χ0v) is 18.1. The second-order valence-corrected chi connectivity index (χ2v) is 14.6. The molecule has 7 nitrogen and oxygen atoms in total. The monoisotopic (exact) mass is 412 g/mol. The van der Waals surface area contributed by atoms with Crippen LogP contribution in [0, 0.1) is 0 Å². The lowest BCUT2D eigenvalue weighted by atomic mass is 9.92. The van der Waals surface area contributed by atoms with Gasteiger partial charge in [0.05, 0.1) is 17.5 Å². The highest BCUT2D eigenvalue weighted by atomic mass is 35.5. The minimum Gasteiger partial charge on any atom is -0.388 e. The molecule has 0 unspecified atom stereocenters. The molecule has 3 heterocycles. The van der Waals surface area contributed by atoms with Crippen molar-refractivity contribution in [3.05, 3.63) is 27.9 Å². The van der Waals surface area contributed by atoms with E-state index < -0.39 is 13.7 Å². The van der Waals surface area contributed by atoms with E-state index in [0.717, 1.165) is 19.1 Å². The average molecular weight is 413 g/mol. The smallest absolute Gasteiger partial charge is 0.262 e. The fraction of sp³-hybridized carbons (Fsp3) is 0.667. The van der Waals surface area contributed by atoms with Crippen molar-refractivity contribution in [1.82, 2.24) is 19.4 Å². The Morgan fingerprint density at radius 3 is 2.74 bits per heavy atom. The number of aliphatic hydroxyl groups is 1. The summed E-state index contributed by atoms with van der Waals surface area (Å²) in [4.78, 5) is 17.3. The van der Waals surface area contributed by atoms with E-state index in [1.807, 2.05) is 0 Å². The summed E-state index contributed by atoms with van der Waals surface area (Å²) < 4.78 is 8.97. The number of hydrogen-bond acceptors (Lipinski definition) is 5. The van der Waals surface area contributed by atoms with Gasteiger partial charge in [-0.1, -0.05) is 31.2 Å². The van der Waals surface area contributed by atoms with Gasteiger partial charge in [0.1, 0.15) is 23.9 Å². The normalized spacial score (nSPS) is 17.5. The zero-order chi connectivity index (χ0) is 19.7. The lowest BCUT2D eigenvalue weighted by Crippen LogP contribution is -2.46. The van der Waals surface area contributed by atoms with E-state index in [1.54, 1.807) is 10.6 Å². The number of rotatable bonds is 7. The minimum absolute atomic E-state index is 0.185. The van der Waals surface area contributed by atoms with Gasteiger partial charge < -0.3 is 15.2 Å². The number of piperidine rings is 1. The molecule has 0 atom stereocenters. The Balaban J connectivity index is 1.78. The van der Waals surface area contributed by atoms with Crippen LogP contribution in [0.5, 0.6) is 0 Å². The van der Waals surface area contributed by atoms with Crippen LogP contribution >= 0.6 is 11.6 Å². The van der Waals surface area contributed by atoms with Crippen LogP contribution in [0.2, 0.25) is 30.8 Å². The van der Waals surface area contributed by atoms with E-state index in [-0.39, 0.29) is 18.8 Å². The van der Waals surface area contributed by atoms with Gasteiger partial charge in [0.25, 0.3) is 5.56 Å². The molecule has 2 aromatic heterocycles. The largest absolute Gasteiger partial charge is 0.388 e. The Kier molecular flexibility index (Phi) is 6.12. The molecule has 2 N–H and O–H groups in total. The highest BCUT2D eigenvalue weighted by molar-refractivity contribution is 6.76. The van der Waals surface area contributed by atoms with Crippen LogP contribution in [0.1, 0.15) is 12.8 Å². The van der Waals surface area contributed by atoms with Gasteiger partial charge in [-0.05, 0) is 38.0 Å². The predicted octanol–water partition coefficient (Wildman–Crippen LogP) is 2.28. The number of hydrogen-bond donors (Lipinski definition) is 2. The van der Waals surface area contributed by atoms with Gasteiger partial charge in [-0.25, -0.2) is 4.98 Å². The Morgan fingerprint density at radius 1 is 1.37 bits per heavy atom. The third kappa shape index (κ3) is 5.00. The molecule has 0 amide bonds. The minimum atomic E-state index is -1.16. The SMILES string of the molecule is C[Si](C)(C)CCOCn1c(Cl)cc2c(=O)n(CC3(O)CCNCC3)cnc21. The summed E-state index contributed by atoms with van der Waals surface area (Å²) >= 11 is 6.33. The second kappa shape index (κ2) is 8.04. The van der Waals surface area contributed by atoms with Gasteiger partial charge in [0.15, 0.2) is 0 Å². The number of nitrogens with one attached hydrogen (secondary N) is 1. The maximum atomic E-state index is 12.9. The quantitative estimate of drug-likeness (QED) is 0.538. The first-order valence-corrected chi connectivity index (χ1v) is 13.5. The van der Waals surface area contributed by atoms with Crippen LogP contribution < -0.4 is 10.9 Å². The molecular weight excluding hydrogens is 384 g/mol. The maximum Gasteiger partial charge on any atom is 0.262 e. The highest BCUT2D eigenvalue weighted by Crippen LogP contribution is 2.22. The molecule has 27 heavy (non-hydrogen) atoms. The molecule has 150 valence electrons. The number of nitrogens with zero attached hydrogens (tertiary/aromatic N) is 3. The van der Waals surface area contributed by atoms with Gasteiger partial charge in [0, 0.05) is 14.7 Å². The molecule has 0 aliphatic carbocycles. The van der Waals surface area contributed by atoms with Crippen molar-refractivity contribution in [3.63, 3.8) is 0 Å². The summed E-state index contributed by atoms with van der Waals surface area (Å²) in [5.41, 5.74) is -0.544. The summed E-state index contributed by atoms with van der Waals surface area (Å²) in [7, 11) is -1.16. The van der Waals surface area contributed by atoms with Crippen molar-refractivity contribution in [2.45, 2.75) is 57.4 Å². The Bertz CT molecular complexity index is 853. The molecular formula is C18H29ClN4O3Si. The van der Waals surface area contributed by atoms with Crippen molar-refractivity contribution >= 4 is 30.7 Å². The van der Waals surface area contributed by atoms with Crippen LogP contribution in [0.4, 0.5) is 0 Å². The van der Waals surface area contributed by atoms with Crippen molar-refractivity contribution in [2.75, 3.05) is 19.7 Å². The summed E-state index contributed by atoms with van der Waals surface area (Å²) in [6.07, 6.45) is 2.73. The lowest BCUT2D eigenvalue weighted by molar-refractivity contribution is -0.00629. The average Bonchev–Trinajstić information content (AvgIpc) is 2.90. The van der Waals surface area contributed by atoms with Gasteiger partial charge in [-0.3, -0.25) is 13.9 Å². The van der Waals surface area contributed by atoms with Crippen LogP contribution in [0.25, 0.3) is 11.0 Å². The van der Waals surface area contributed by atoms with Crippen molar-refractivity contribution in [1.29, 1.82) is 0 Å². The first-order valence-electron chi connectivity index (χ1n) is 9.44. The number of fused-ring (bicyclic) bond motifs is 1. The molecule has 1 fully saturated rings. The van der Waals surface area contributed by atoms with Gasteiger partial charge in [-0.15, -0.1) is 0 Å². The first-order chi connectivity index (χ1) is 12.7. The molecule has 2 aromatic rings. The summed E-state index contributed by atoms with van der Waals surface area (Å²) in [6.45, 7) is 9.59. The van der Waals surface area contributed by atoms with Crippen molar-refractivity contribution in [2.24, 2.45) is 0 Å². The fourth-order valence-electron chi connectivity index (χ4n) is 3.27. The fourth-order valence-corrected chi connectivity index (χ4v) is 4.27. The van der Waals surface area contributed by atoms with Gasteiger partial charge >= 0.3 is 0 Å². The highest BCUT2D eigenvalue weighted by Gasteiger charge is 2.30. The van der Waals surface area contributed by atoms with E-state index in [9.17, 15) is 9.90 Å². The molecule has 0 spiro atoms. The number of aromatic nitrogens is 3. The molecule has 1 aliphatic rings. The standard InChI is InChI=1S/C18H29ClN4O3Si/c1-27(2,3)9-8-26-13-23-15(19)10-14-16(23)21-12-22(17(14)24)11-18(25)4-6-20-7-5-18/h10,12,20,25H,4-9,11,13H2,1-3H3. The Morgan fingerprint density at radius 2 is 2.07 bits per heavy atom. The molecule has 1 saturated heterocycles. The van der Waals surface area contributed by atoms with Crippen LogP contribution in [0.15, 0.2) is 17.2 Å². The summed E-state index contributed by atoms with van der Waals surface area (Å²) in [6, 6.07) is 2.70. The molecule has 0 radical (unpaired) electrons. The molecule has 0 saturated carbocycles. The molecule has 9 heteroatoms. The molecule has 3 rings (SSSR count). The Hall–Kier alpha value is -1.19. The molecule has 0 bridgehead atoms. The molecule has 0 aromatic carbocycles. The van der Waals surface area contributed by atoms with Crippen LogP contribution in [-0.4, -0.2) is 52.6 Å². The number of ether oxygens (including phenoxy) is 1. The zero-order valence-electron chi connectivity index (χ0n) is 16.3.